The fourth-order valence-corrected chi connectivity index (χ4v) is 3.18. The van der Waals surface area contributed by atoms with Crippen molar-refractivity contribution >= 4 is 17.5 Å². The van der Waals surface area contributed by atoms with Crippen LogP contribution in [0, 0.1) is 0 Å². The number of nitrogens with zero attached hydrogens (tertiary/aromatic N) is 1. The van der Waals surface area contributed by atoms with Crippen molar-refractivity contribution in [3.8, 4) is 0 Å². The van der Waals surface area contributed by atoms with Crippen LogP contribution in [0.25, 0.3) is 0 Å². The van der Waals surface area contributed by atoms with E-state index < -0.39 is 0 Å². The van der Waals surface area contributed by atoms with Gasteiger partial charge in [0.2, 0.25) is 0 Å². The van der Waals surface area contributed by atoms with Gasteiger partial charge in [-0.05, 0) is 20.0 Å². The van der Waals surface area contributed by atoms with E-state index in [0.717, 1.165) is 12.3 Å². The van der Waals surface area contributed by atoms with Crippen LogP contribution >= 0.6 is 11.8 Å². The fraction of sp³-hybridized carbons (Fsp3) is 0.857. The van der Waals surface area contributed by atoms with Gasteiger partial charge in [0.15, 0.2) is 5.78 Å². The highest BCUT2D eigenvalue weighted by Crippen LogP contribution is 2.34. The topological polar surface area (TPSA) is 20.3 Å². The molecule has 0 aliphatic carbocycles. The molecule has 2 rings (SSSR count). The molecule has 2 fully saturated rings. The van der Waals surface area contributed by atoms with E-state index in [2.05, 4.69) is 11.9 Å². The molecule has 0 N–H and O–H groups in total. The van der Waals surface area contributed by atoms with Crippen LogP contribution in [0.15, 0.2) is 0 Å². The molecule has 2 aliphatic heterocycles. The Morgan fingerprint density at radius 2 is 2.50 bits per heavy atom. The van der Waals surface area contributed by atoms with Crippen LogP contribution in [0.3, 0.4) is 0 Å². The molecule has 0 spiro atoms. The molecule has 0 bridgehead atoms. The van der Waals surface area contributed by atoms with Gasteiger partial charge in [-0.3, -0.25) is 9.69 Å². The molecule has 3 heteroatoms. The van der Waals surface area contributed by atoms with Crippen molar-refractivity contribution in [3.63, 3.8) is 0 Å². The van der Waals surface area contributed by atoms with Gasteiger partial charge in [0.1, 0.15) is 0 Å². The molecular weight excluding hydrogens is 146 g/mol. The maximum absolute atomic E-state index is 11.2. The molecule has 0 aromatic rings. The minimum Gasteiger partial charge on any atom is -0.297 e. The first kappa shape index (κ1) is 6.68. The van der Waals surface area contributed by atoms with Gasteiger partial charge in [-0.25, -0.2) is 0 Å². The summed E-state index contributed by atoms with van der Waals surface area (Å²) in [5.74, 6) is 1.19. The molecule has 2 aliphatic rings. The molecular formula is C7H11NOS. The predicted octanol–water partition coefficient (Wildman–Crippen LogP) is 0.375. The van der Waals surface area contributed by atoms with Gasteiger partial charge < -0.3 is 0 Å². The Morgan fingerprint density at radius 3 is 3.20 bits per heavy atom. The summed E-state index contributed by atoms with van der Waals surface area (Å²) in [6.07, 6.45) is 1.21. The van der Waals surface area contributed by atoms with Crippen molar-refractivity contribution in [2.45, 2.75) is 17.7 Å². The number of ketones is 1. The van der Waals surface area contributed by atoms with Crippen molar-refractivity contribution in [3.05, 3.63) is 0 Å². The number of carbonyl (C=O) groups excluding carboxylic acids is 1. The van der Waals surface area contributed by atoms with E-state index in [1.54, 1.807) is 0 Å². The predicted molar refractivity (Wildman–Crippen MR) is 42.3 cm³/mol. The standard InChI is InChI=1S/C7H11NOS/c1-8-3-2-6-7(8)5(9)4-10-6/h6-7H,2-4H2,1H3. The summed E-state index contributed by atoms with van der Waals surface area (Å²) in [5, 5.41) is 0.623. The highest BCUT2D eigenvalue weighted by atomic mass is 32.2. The van der Waals surface area contributed by atoms with Crippen molar-refractivity contribution < 1.29 is 4.79 Å². The number of hydrogen-bond acceptors (Lipinski definition) is 3. The van der Waals surface area contributed by atoms with Gasteiger partial charge in [-0.1, -0.05) is 0 Å². The molecule has 56 valence electrons. The Hall–Kier alpha value is -0.0200. The van der Waals surface area contributed by atoms with E-state index in [0.29, 0.717) is 11.0 Å². The summed E-state index contributed by atoms with van der Waals surface area (Å²) in [6, 6.07) is 0.269. The third kappa shape index (κ3) is 0.805. The van der Waals surface area contributed by atoms with E-state index in [9.17, 15) is 4.79 Å². The molecule has 0 saturated carbocycles. The second kappa shape index (κ2) is 2.24. The smallest absolute Gasteiger partial charge is 0.160 e. The first-order valence-electron chi connectivity index (χ1n) is 3.63. The first-order chi connectivity index (χ1) is 4.79. The first-order valence-corrected chi connectivity index (χ1v) is 4.68. The van der Waals surface area contributed by atoms with E-state index >= 15 is 0 Å². The molecule has 2 nitrogen and oxygen atoms in total. The van der Waals surface area contributed by atoms with Crippen molar-refractivity contribution in [2.24, 2.45) is 0 Å². The van der Waals surface area contributed by atoms with E-state index in [-0.39, 0.29) is 6.04 Å². The van der Waals surface area contributed by atoms with Crippen LogP contribution in [0.1, 0.15) is 6.42 Å². The minimum atomic E-state index is 0.269. The zero-order valence-electron chi connectivity index (χ0n) is 6.04. The summed E-state index contributed by atoms with van der Waals surface area (Å²) < 4.78 is 0. The number of Topliss-reactive ketones (excluding diaryl/α,β-unsaturated/α-hetero) is 1. The highest BCUT2D eigenvalue weighted by Gasteiger charge is 2.42. The van der Waals surface area contributed by atoms with Crippen LogP contribution in [-0.2, 0) is 4.79 Å². The van der Waals surface area contributed by atoms with E-state index in [4.69, 9.17) is 0 Å². The number of rotatable bonds is 0. The van der Waals surface area contributed by atoms with Crippen molar-refractivity contribution in [1.82, 2.24) is 4.90 Å². The van der Waals surface area contributed by atoms with Crippen LogP contribution in [0.2, 0.25) is 0 Å². The normalized spacial score (nSPS) is 40.7. The number of likely N-dealkylation sites (N-methyl/N-ethyl adjacent to an activating group) is 1. The van der Waals surface area contributed by atoms with Gasteiger partial charge in [0, 0.05) is 5.25 Å². The van der Waals surface area contributed by atoms with Crippen LogP contribution in [0.4, 0.5) is 0 Å². The Kier molecular flexibility index (Phi) is 1.49. The third-order valence-corrected chi connectivity index (χ3v) is 3.74. The van der Waals surface area contributed by atoms with Crippen molar-refractivity contribution in [2.75, 3.05) is 19.3 Å². The van der Waals surface area contributed by atoms with Crippen LogP contribution in [-0.4, -0.2) is 41.3 Å². The number of carbonyl (C=O) groups is 1. The number of fused-ring (bicyclic) bond motifs is 1. The lowest BCUT2D eigenvalue weighted by Gasteiger charge is -2.14. The van der Waals surface area contributed by atoms with Crippen molar-refractivity contribution in [1.29, 1.82) is 0 Å². The lowest BCUT2D eigenvalue weighted by molar-refractivity contribution is -0.119. The summed E-state index contributed by atoms with van der Waals surface area (Å²) in [4.78, 5) is 13.4. The Morgan fingerprint density at radius 1 is 1.70 bits per heavy atom. The summed E-state index contributed by atoms with van der Waals surface area (Å²) in [7, 11) is 2.05. The number of thioether (sulfide) groups is 1. The quantitative estimate of drug-likeness (QED) is 0.507. The summed E-state index contributed by atoms with van der Waals surface area (Å²) in [5.41, 5.74) is 0. The molecule has 2 unspecified atom stereocenters. The van der Waals surface area contributed by atoms with E-state index in [1.165, 1.54) is 6.42 Å². The fourth-order valence-electron chi connectivity index (χ4n) is 1.81. The Bertz CT molecular complexity index is 171. The molecule has 0 radical (unpaired) electrons. The molecule has 2 saturated heterocycles. The lowest BCUT2D eigenvalue weighted by Crippen LogP contribution is -2.34. The van der Waals surface area contributed by atoms with Gasteiger partial charge in [-0.15, -0.1) is 11.8 Å². The van der Waals surface area contributed by atoms with Crippen LogP contribution < -0.4 is 0 Å². The molecule has 2 heterocycles. The number of likely N-dealkylation sites (tertiary alicyclic amines) is 1. The second-order valence-electron chi connectivity index (χ2n) is 3.03. The zero-order chi connectivity index (χ0) is 7.14. The average molecular weight is 157 g/mol. The molecule has 2 atom stereocenters. The summed E-state index contributed by atoms with van der Waals surface area (Å²) >= 11 is 1.83. The zero-order valence-corrected chi connectivity index (χ0v) is 6.86. The van der Waals surface area contributed by atoms with Crippen LogP contribution in [0.5, 0.6) is 0 Å². The minimum absolute atomic E-state index is 0.269. The monoisotopic (exact) mass is 157 g/mol. The largest absolute Gasteiger partial charge is 0.297 e. The molecule has 0 aromatic carbocycles. The number of hydrogen-bond donors (Lipinski definition) is 0. The average Bonchev–Trinajstić information content (AvgIpc) is 2.40. The maximum atomic E-state index is 11.2. The van der Waals surface area contributed by atoms with Gasteiger partial charge in [-0.2, -0.15) is 0 Å². The SMILES string of the molecule is CN1CCC2SCC(=O)C21. The molecule has 0 aromatic heterocycles. The van der Waals surface area contributed by atoms with E-state index in [1.807, 2.05) is 11.8 Å². The maximum Gasteiger partial charge on any atom is 0.160 e. The van der Waals surface area contributed by atoms with Gasteiger partial charge in [0.05, 0.1) is 11.8 Å². The van der Waals surface area contributed by atoms with Gasteiger partial charge in [0.25, 0.3) is 0 Å². The molecule has 0 amide bonds. The third-order valence-electron chi connectivity index (χ3n) is 2.36. The Balaban J connectivity index is 2.19. The second-order valence-corrected chi connectivity index (χ2v) is 4.26. The lowest BCUT2D eigenvalue weighted by atomic mass is 10.1. The summed E-state index contributed by atoms with van der Waals surface area (Å²) in [6.45, 7) is 1.11. The highest BCUT2D eigenvalue weighted by molar-refractivity contribution is 8.01. The molecule has 10 heavy (non-hydrogen) atoms. The Labute approximate surface area is 65.0 Å². The van der Waals surface area contributed by atoms with Gasteiger partial charge >= 0.3 is 0 Å².